The van der Waals surface area contributed by atoms with Crippen molar-refractivity contribution in [3.8, 4) is 0 Å². The molecule has 0 saturated carbocycles. The fourth-order valence-corrected chi connectivity index (χ4v) is 2.03. The Bertz CT molecular complexity index is 289. The summed E-state index contributed by atoms with van der Waals surface area (Å²) in [6, 6.07) is 0. The summed E-state index contributed by atoms with van der Waals surface area (Å²) in [5.41, 5.74) is 0. The van der Waals surface area contributed by atoms with E-state index in [1.165, 1.54) is 6.42 Å². The number of hydrogen-bond acceptors (Lipinski definition) is 5. The lowest BCUT2D eigenvalue weighted by Gasteiger charge is -2.04. The molecule has 1 heterocycles. The molecule has 0 atom stereocenters. The van der Waals surface area contributed by atoms with Crippen LogP contribution in [-0.4, -0.2) is 23.3 Å². The van der Waals surface area contributed by atoms with Gasteiger partial charge in [0, 0.05) is 13.2 Å². The third-order valence-corrected chi connectivity index (χ3v) is 2.94. The number of nitrogens with one attached hydrogen (secondary N) is 1. The summed E-state index contributed by atoms with van der Waals surface area (Å²) in [4.78, 5) is 0. The van der Waals surface area contributed by atoms with Gasteiger partial charge in [0.05, 0.1) is 0 Å². The highest BCUT2D eigenvalue weighted by atomic mass is 32.1. The van der Waals surface area contributed by atoms with Gasteiger partial charge in [-0.15, -0.1) is 10.2 Å². The second kappa shape index (κ2) is 7.57. The Balaban J connectivity index is 2.12. The molecule has 1 rings (SSSR count). The summed E-state index contributed by atoms with van der Waals surface area (Å²) >= 11 is 1.56. The van der Waals surface area contributed by atoms with E-state index in [2.05, 4.69) is 29.4 Å². The summed E-state index contributed by atoms with van der Waals surface area (Å²) in [5, 5.41) is 13.0. The van der Waals surface area contributed by atoms with Crippen molar-refractivity contribution in [2.45, 2.75) is 40.2 Å². The average Bonchev–Trinajstić information content (AvgIpc) is 2.65. The molecule has 0 aliphatic heterocycles. The van der Waals surface area contributed by atoms with Crippen molar-refractivity contribution in [3.05, 3.63) is 5.01 Å². The van der Waals surface area contributed by atoms with Crippen LogP contribution in [0.4, 0.5) is 5.13 Å². The number of nitrogens with zero attached hydrogens (tertiary/aromatic N) is 2. The van der Waals surface area contributed by atoms with Gasteiger partial charge in [0.25, 0.3) is 0 Å². The van der Waals surface area contributed by atoms with Crippen LogP contribution in [0.5, 0.6) is 0 Å². The van der Waals surface area contributed by atoms with Gasteiger partial charge in [0.1, 0.15) is 11.6 Å². The van der Waals surface area contributed by atoms with Gasteiger partial charge in [0.2, 0.25) is 5.13 Å². The van der Waals surface area contributed by atoms with Crippen LogP contribution in [0.25, 0.3) is 0 Å². The smallest absolute Gasteiger partial charge is 0.205 e. The quantitative estimate of drug-likeness (QED) is 0.713. The summed E-state index contributed by atoms with van der Waals surface area (Å²) in [5.74, 6) is 0.755. The van der Waals surface area contributed by atoms with Gasteiger partial charge in [-0.3, -0.25) is 0 Å². The lowest BCUT2D eigenvalue weighted by Crippen LogP contribution is -1.97. The number of hydrogen-bond donors (Lipinski definition) is 1. The molecule has 1 aromatic rings. The van der Waals surface area contributed by atoms with Gasteiger partial charge in [-0.1, -0.05) is 25.2 Å². The van der Waals surface area contributed by atoms with E-state index < -0.39 is 0 Å². The minimum atomic E-state index is 0.584. The second-order valence-corrected chi connectivity index (χ2v) is 5.18. The SMILES string of the molecule is CCNc1nnc(COCCCC(C)C)s1. The summed E-state index contributed by atoms with van der Waals surface area (Å²) in [7, 11) is 0. The van der Waals surface area contributed by atoms with Gasteiger partial charge >= 0.3 is 0 Å². The molecular formula is C11H21N3OS. The van der Waals surface area contributed by atoms with E-state index in [-0.39, 0.29) is 0 Å². The zero-order valence-electron chi connectivity index (χ0n) is 10.3. The molecular weight excluding hydrogens is 222 g/mol. The van der Waals surface area contributed by atoms with E-state index in [1.54, 1.807) is 11.3 Å². The first-order chi connectivity index (χ1) is 7.72. The highest BCUT2D eigenvalue weighted by molar-refractivity contribution is 7.15. The molecule has 0 unspecified atom stereocenters. The predicted octanol–water partition coefficient (Wildman–Crippen LogP) is 2.92. The van der Waals surface area contributed by atoms with E-state index in [9.17, 15) is 0 Å². The highest BCUT2D eigenvalue weighted by Crippen LogP contribution is 2.15. The zero-order chi connectivity index (χ0) is 11.8. The van der Waals surface area contributed by atoms with Crippen LogP contribution in [0.2, 0.25) is 0 Å². The van der Waals surface area contributed by atoms with Crippen LogP contribution in [0.1, 0.15) is 38.6 Å². The van der Waals surface area contributed by atoms with E-state index >= 15 is 0 Å². The summed E-state index contributed by atoms with van der Waals surface area (Å²) < 4.78 is 5.54. The van der Waals surface area contributed by atoms with Gasteiger partial charge in [0.15, 0.2) is 0 Å². The first kappa shape index (κ1) is 13.4. The van der Waals surface area contributed by atoms with Crippen molar-refractivity contribution >= 4 is 16.5 Å². The summed E-state index contributed by atoms with van der Waals surface area (Å²) in [6.45, 7) is 8.78. The molecule has 0 fully saturated rings. The molecule has 0 bridgehead atoms. The summed E-state index contributed by atoms with van der Waals surface area (Å²) in [6.07, 6.45) is 2.34. The highest BCUT2D eigenvalue weighted by Gasteiger charge is 2.02. The lowest BCUT2D eigenvalue weighted by atomic mass is 10.1. The molecule has 0 amide bonds. The molecule has 1 aromatic heterocycles. The standard InChI is InChI=1S/C11H21N3OS/c1-4-12-11-14-13-10(16-11)8-15-7-5-6-9(2)3/h9H,4-8H2,1-3H3,(H,12,14). The van der Waals surface area contributed by atoms with Crippen molar-refractivity contribution in [3.63, 3.8) is 0 Å². The molecule has 0 spiro atoms. The Labute approximate surface area is 101 Å². The molecule has 1 N–H and O–H groups in total. The van der Waals surface area contributed by atoms with Gasteiger partial charge in [-0.2, -0.15) is 0 Å². The maximum Gasteiger partial charge on any atom is 0.205 e. The molecule has 0 aromatic carbocycles. The van der Waals surface area contributed by atoms with Crippen molar-refractivity contribution in [2.24, 2.45) is 5.92 Å². The third kappa shape index (κ3) is 5.42. The van der Waals surface area contributed by atoms with Crippen LogP contribution in [0.3, 0.4) is 0 Å². The van der Waals surface area contributed by atoms with E-state index in [0.29, 0.717) is 6.61 Å². The Kier molecular flexibility index (Phi) is 6.33. The Morgan fingerprint density at radius 3 is 2.88 bits per heavy atom. The maximum absolute atomic E-state index is 5.54. The Hall–Kier alpha value is -0.680. The third-order valence-electron chi connectivity index (χ3n) is 2.09. The molecule has 4 nitrogen and oxygen atoms in total. The average molecular weight is 243 g/mol. The van der Waals surface area contributed by atoms with Crippen LogP contribution >= 0.6 is 11.3 Å². The minimum absolute atomic E-state index is 0.584. The maximum atomic E-state index is 5.54. The van der Waals surface area contributed by atoms with Crippen molar-refractivity contribution in [2.75, 3.05) is 18.5 Å². The lowest BCUT2D eigenvalue weighted by molar-refractivity contribution is 0.114. The molecule has 92 valence electrons. The first-order valence-electron chi connectivity index (χ1n) is 5.86. The van der Waals surface area contributed by atoms with Crippen molar-refractivity contribution in [1.82, 2.24) is 10.2 Å². The zero-order valence-corrected chi connectivity index (χ0v) is 11.1. The van der Waals surface area contributed by atoms with Gasteiger partial charge in [-0.25, -0.2) is 0 Å². The van der Waals surface area contributed by atoms with Gasteiger partial charge in [-0.05, 0) is 25.7 Å². The molecule has 0 saturated heterocycles. The second-order valence-electron chi connectivity index (χ2n) is 4.12. The molecule has 0 radical (unpaired) electrons. The minimum Gasteiger partial charge on any atom is -0.374 e. The molecule has 16 heavy (non-hydrogen) atoms. The van der Waals surface area contributed by atoms with E-state index in [1.807, 2.05) is 6.92 Å². The fraction of sp³-hybridized carbons (Fsp3) is 0.818. The monoisotopic (exact) mass is 243 g/mol. The normalized spacial score (nSPS) is 11.0. The predicted molar refractivity (Wildman–Crippen MR) is 67.8 cm³/mol. The molecule has 0 aliphatic carbocycles. The van der Waals surface area contributed by atoms with Crippen LogP contribution < -0.4 is 5.32 Å². The van der Waals surface area contributed by atoms with Crippen molar-refractivity contribution in [1.29, 1.82) is 0 Å². The Morgan fingerprint density at radius 2 is 2.19 bits per heavy atom. The fourth-order valence-electron chi connectivity index (χ4n) is 1.29. The molecule has 5 heteroatoms. The Morgan fingerprint density at radius 1 is 1.38 bits per heavy atom. The molecule has 0 aliphatic rings. The van der Waals surface area contributed by atoms with E-state index in [4.69, 9.17) is 4.74 Å². The van der Waals surface area contributed by atoms with Crippen LogP contribution in [0, 0.1) is 5.92 Å². The topological polar surface area (TPSA) is 47.0 Å². The number of rotatable bonds is 8. The number of anilines is 1. The van der Waals surface area contributed by atoms with Crippen LogP contribution in [-0.2, 0) is 11.3 Å². The largest absolute Gasteiger partial charge is 0.374 e. The number of ether oxygens (including phenoxy) is 1. The number of aromatic nitrogens is 2. The van der Waals surface area contributed by atoms with Crippen LogP contribution in [0.15, 0.2) is 0 Å². The van der Waals surface area contributed by atoms with E-state index in [0.717, 1.165) is 35.6 Å². The first-order valence-corrected chi connectivity index (χ1v) is 6.68. The van der Waals surface area contributed by atoms with Crippen molar-refractivity contribution < 1.29 is 4.74 Å². The van der Waals surface area contributed by atoms with Gasteiger partial charge < -0.3 is 10.1 Å².